The molecule has 0 bridgehead atoms. The van der Waals surface area contributed by atoms with E-state index < -0.39 is 21.9 Å². The number of aryl methyl sites for hydroxylation is 1. The second kappa shape index (κ2) is 8.14. The molecule has 148 valence electrons. The number of hydrogen-bond acceptors (Lipinski definition) is 5. The number of sulfone groups is 1. The van der Waals surface area contributed by atoms with E-state index in [-0.39, 0.29) is 22.4 Å². The Morgan fingerprint density at radius 2 is 1.79 bits per heavy atom. The summed E-state index contributed by atoms with van der Waals surface area (Å²) in [5.41, 5.74) is 2.53. The number of rotatable bonds is 5. The third-order valence-corrected chi connectivity index (χ3v) is 5.99. The minimum Gasteiger partial charge on any atom is -0.449 e. The zero-order chi connectivity index (χ0) is 20.3. The SMILES string of the molecule is CC(OC(=O)c1ccc(S(C)(=O)=O)cc1)C(=O)NC1CCCc2ccccc21. The summed E-state index contributed by atoms with van der Waals surface area (Å²) >= 11 is 0. The van der Waals surface area contributed by atoms with Crippen LogP contribution in [0.25, 0.3) is 0 Å². The molecule has 2 aromatic carbocycles. The van der Waals surface area contributed by atoms with Gasteiger partial charge in [-0.3, -0.25) is 4.79 Å². The molecule has 2 atom stereocenters. The second-order valence-corrected chi connectivity index (χ2v) is 9.01. The minimum absolute atomic E-state index is 0.0901. The number of ether oxygens (including phenoxy) is 1. The fourth-order valence-electron chi connectivity index (χ4n) is 3.31. The van der Waals surface area contributed by atoms with Crippen LogP contribution < -0.4 is 5.32 Å². The predicted molar refractivity (Wildman–Crippen MR) is 105 cm³/mol. The minimum atomic E-state index is -3.34. The highest BCUT2D eigenvalue weighted by molar-refractivity contribution is 7.90. The standard InChI is InChI=1S/C21H23NO5S/c1-14(27-21(24)16-10-12-17(13-11-16)28(2,25)26)20(23)22-19-9-5-7-15-6-3-4-8-18(15)19/h3-4,6,8,10-14,19H,5,7,9H2,1-2H3,(H,22,23). The van der Waals surface area contributed by atoms with Gasteiger partial charge in [-0.25, -0.2) is 13.2 Å². The number of amides is 1. The fourth-order valence-corrected chi connectivity index (χ4v) is 3.94. The van der Waals surface area contributed by atoms with Crippen LogP contribution in [-0.2, 0) is 25.8 Å². The molecule has 1 N–H and O–H groups in total. The largest absolute Gasteiger partial charge is 0.449 e. The van der Waals surface area contributed by atoms with Crippen LogP contribution in [0.2, 0.25) is 0 Å². The quantitative estimate of drug-likeness (QED) is 0.778. The third kappa shape index (κ3) is 4.59. The van der Waals surface area contributed by atoms with Gasteiger partial charge in [0.05, 0.1) is 16.5 Å². The van der Waals surface area contributed by atoms with Crippen molar-refractivity contribution < 1.29 is 22.7 Å². The van der Waals surface area contributed by atoms with Gasteiger partial charge < -0.3 is 10.1 Å². The zero-order valence-corrected chi connectivity index (χ0v) is 16.7. The van der Waals surface area contributed by atoms with Gasteiger partial charge in [0.15, 0.2) is 15.9 Å². The van der Waals surface area contributed by atoms with Crippen LogP contribution in [-0.4, -0.2) is 32.7 Å². The summed E-state index contributed by atoms with van der Waals surface area (Å²) in [5.74, 6) is -1.03. The molecule has 0 saturated heterocycles. The lowest BCUT2D eigenvalue weighted by Gasteiger charge is -2.27. The maximum absolute atomic E-state index is 12.5. The average molecular weight is 401 g/mol. The van der Waals surface area contributed by atoms with Crippen LogP contribution in [0.4, 0.5) is 0 Å². The predicted octanol–water partition coefficient (Wildman–Crippen LogP) is 2.83. The summed E-state index contributed by atoms with van der Waals surface area (Å²) in [6, 6.07) is 13.4. The van der Waals surface area contributed by atoms with Crippen LogP contribution in [0.1, 0.15) is 47.3 Å². The Bertz CT molecular complexity index is 982. The number of carbonyl (C=O) groups excluding carboxylic acids is 2. The summed E-state index contributed by atoms with van der Waals surface area (Å²) in [7, 11) is -3.34. The summed E-state index contributed by atoms with van der Waals surface area (Å²) in [6.45, 7) is 1.52. The van der Waals surface area contributed by atoms with Gasteiger partial charge in [-0.2, -0.15) is 0 Å². The van der Waals surface area contributed by atoms with E-state index in [1.807, 2.05) is 18.2 Å². The first-order chi connectivity index (χ1) is 13.3. The molecule has 7 heteroatoms. The van der Waals surface area contributed by atoms with Crippen LogP contribution in [0.3, 0.4) is 0 Å². The van der Waals surface area contributed by atoms with Crippen molar-refractivity contribution in [2.24, 2.45) is 0 Å². The molecule has 0 aromatic heterocycles. The molecule has 6 nitrogen and oxygen atoms in total. The highest BCUT2D eigenvalue weighted by Crippen LogP contribution is 2.29. The highest BCUT2D eigenvalue weighted by Gasteiger charge is 2.25. The van der Waals surface area contributed by atoms with E-state index >= 15 is 0 Å². The van der Waals surface area contributed by atoms with Crippen molar-refractivity contribution in [1.29, 1.82) is 0 Å². The number of fused-ring (bicyclic) bond motifs is 1. The topological polar surface area (TPSA) is 89.5 Å². The van der Waals surface area contributed by atoms with E-state index in [0.717, 1.165) is 31.1 Å². The summed E-state index contributed by atoms with van der Waals surface area (Å²) in [4.78, 5) is 24.9. The van der Waals surface area contributed by atoms with Gasteiger partial charge >= 0.3 is 5.97 Å². The van der Waals surface area contributed by atoms with Crippen LogP contribution in [0, 0.1) is 0 Å². The maximum Gasteiger partial charge on any atom is 0.338 e. The van der Waals surface area contributed by atoms with E-state index in [9.17, 15) is 18.0 Å². The van der Waals surface area contributed by atoms with Crippen LogP contribution in [0.15, 0.2) is 53.4 Å². The molecule has 28 heavy (non-hydrogen) atoms. The van der Waals surface area contributed by atoms with Crippen molar-refractivity contribution in [3.8, 4) is 0 Å². The van der Waals surface area contributed by atoms with Crippen molar-refractivity contribution in [3.63, 3.8) is 0 Å². The molecule has 1 aliphatic carbocycles. The van der Waals surface area contributed by atoms with Gasteiger partial charge in [-0.15, -0.1) is 0 Å². The van der Waals surface area contributed by atoms with Crippen molar-refractivity contribution in [3.05, 3.63) is 65.2 Å². The summed E-state index contributed by atoms with van der Waals surface area (Å²) in [6.07, 6.45) is 2.96. The van der Waals surface area contributed by atoms with E-state index in [1.54, 1.807) is 0 Å². The number of carbonyl (C=O) groups is 2. The van der Waals surface area contributed by atoms with Crippen molar-refractivity contribution >= 4 is 21.7 Å². The molecule has 2 aromatic rings. The summed E-state index contributed by atoms with van der Waals surface area (Å²) < 4.78 is 28.2. The molecule has 0 heterocycles. The van der Waals surface area contributed by atoms with Gasteiger partial charge in [0.25, 0.3) is 5.91 Å². The number of esters is 1. The van der Waals surface area contributed by atoms with Crippen molar-refractivity contribution in [2.75, 3.05) is 6.26 Å². The van der Waals surface area contributed by atoms with E-state index in [1.165, 1.54) is 36.8 Å². The Morgan fingerprint density at radius 1 is 1.11 bits per heavy atom. The molecule has 1 amide bonds. The lowest BCUT2D eigenvalue weighted by molar-refractivity contribution is -0.130. The second-order valence-electron chi connectivity index (χ2n) is 7.00. The summed E-state index contributed by atoms with van der Waals surface area (Å²) in [5, 5.41) is 2.97. The monoisotopic (exact) mass is 401 g/mol. The van der Waals surface area contributed by atoms with E-state index in [2.05, 4.69) is 11.4 Å². The lowest BCUT2D eigenvalue weighted by atomic mass is 9.87. The fraction of sp³-hybridized carbons (Fsp3) is 0.333. The van der Waals surface area contributed by atoms with Crippen molar-refractivity contribution in [1.82, 2.24) is 5.32 Å². The number of hydrogen-bond donors (Lipinski definition) is 1. The first kappa shape index (κ1) is 20.1. The molecule has 2 unspecified atom stereocenters. The normalized spacial score (nSPS) is 17.3. The zero-order valence-electron chi connectivity index (χ0n) is 15.8. The van der Waals surface area contributed by atoms with E-state index in [4.69, 9.17) is 4.74 Å². The molecule has 0 saturated carbocycles. The van der Waals surface area contributed by atoms with Gasteiger partial charge in [-0.05, 0) is 61.6 Å². The Morgan fingerprint density at radius 3 is 2.46 bits per heavy atom. The van der Waals surface area contributed by atoms with E-state index in [0.29, 0.717) is 0 Å². The number of nitrogens with one attached hydrogen (secondary N) is 1. The van der Waals surface area contributed by atoms with Crippen molar-refractivity contribution in [2.45, 2.75) is 43.2 Å². The smallest absolute Gasteiger partial charge is 0.338 e. The first-order valence-electron chi connectivity index (χ1n) is 9.15. The lowest BCUT2D eigenvalue weighted by Crippen LogP contribution is -2.39. The Kier molecular flexibility index (Phi) is 5.84. The molecule has 0 fully saturated rings. The van der Waals surface area contributed by atoms with Gasteiger partial charge in [0.1, 0.15) is 0 Å². The van der Waals surface area contributed by atoms with Gasteiger partial charge in [0, 0.05) is 6.26 Å². The Labute approximate surface area is 164 Å². The molecular formula is C21H23NO5S. The molecule has 3 rings (SSSR count). The third-order valence-electron chi connectivity index (χ3n) is 4.86. The maximum atomic E-state index is 12.5. The Balaban J connectivity index is 1.62. The molecule has 0 radical (unpaired) electrons. The molecular weight excluding hydrogens is 378 g/mol. The molecule has 0 spiro atoms. The van der Waals surface area contributed by atoms with Gasteiger partial charge in [-0.1, -0.05) is 24.3 Å². The average Bonchev–Trinajstić information content (AvgIpc) is 2.67. The molecule has 0 aliphatic heterocycles. The highest BCUT2D eigenvalue weighted by atomic mass is 32.2. The van der Waals surface area contributed by atoms with Crippen LogP contribution >= 0.6 is 0 Å². The first-order valence-corrected chi connectivity index (χ1v) is 11.0. The molecule has 1 aliphatic rings. The Hall–Kier alpha value is -2.67. The number of benzene rings is 2. The van der Waals surface area contributed by atoms with Crippen LogP contribution in [0.5, 0.6) is 0 Å². The van der Waals surface area contributed by atoms with Gasteiger partial charge in [0.2, 0.25) is 0 Å².